The van der Waals surface area contributed by atoms with E-state index in [1.54, 1.807) is 11.0 Å². The Morgan fingerprint density at radius 2 is 2.30 bits per heavy atom. The maximum atomic E-state index is 13.2. The lowest BCUT2D eigenvalue weighted by Crippen LogP contribution is -2.34. The number of rotatable bonds is 1. The second-order valence-electron chi connectivity index (χ2n) is 4.79. The van der Waals surface area contributed by atoms with Gasteiger partial charge in [-0.2, -0.15) is 0 Å². The first-order valence-corrected chi connectivity index (χ1v) is 6.48. The van der Waals surface area contributed by atoms with Crippen LogP contribution in [0.15, 0.2) is 30.5 Å². The third-order valence-corrected chi connectivity index (χ3v) is 3.63. The van der Waals surface area contributed by atoms with E-state index in [0.29, 0.717) is 13.1 Å². The molecule has 0 saturated carbocycles. The summed E-state index contributed by atoms with van der Waals surface area (Å²) in [5.41, 5.74) is 3.03. The molecule has 104 valence electrons. The smallest absolute Gasteiger partial charge is 0.409 e. The predicted octanol–water partition coefficient (Wildman–Crippen LogP) is 3.16. The monoisotopic (exact) mass is 274 g/mol. The second kappa shape index (κ2) is 5.00. The van der Waals surface area contributed by atoms with Gasteiger partial charge in [0.1, 0.15) is 5.82 Å². The van der Waals surface area contributed by atoms with Crippen LogP contribution in [-0.4, -0.2) is 36.2 Å². The Balaban J connectivity index is 1.89. The molecule has 0 saturated heterocycles. The fourth-order valence-electron chi connectivity index (χ4n) is 2.57. The first-order valence-electron chi connectivity index (χ1n) is 6.48. The van der Waals surface area contributed by atoms with Gasteiger partial charge in [0.05, 0.1) is 7.11 Å². The molecular weight excluding hydrogens is 259 g/mol. The van der Waals surface area contributed by atoms with Gasteiger partial charge >= 0.3 is 6.09 Å². The van der Waals surface area contributed by atoms with Crippen LogP contribution in [0.2, 0.25) is 0 Å². The largest absolute Gasteiger partial charge is 0.453 e. The number of H-pyrrole nitrogens is 1. The van der Waals surface area contributed by atoms with Crippen molar-refractivity contribution in [1.82, 2.24) is 9.88 Å². The summed E-state index contributed by atoms with van der Waals surface area (Å²) in [5.74, 6) is -0.250. The van der Waals surface area contributed by atoms with Gasteiger partial charge in [-0.1, -0.05) is 6.08 Å². The number of carbonyl (C=O) groups excluding carboxylic acids is 1. The molecule has 0 unspecified atom stereocenters. The highest BCUT2D eigenvalue weighted by molar-refractivity contribution is 5.93. The summed E-state index contributed by atoms with van der Waals surface area (Å²) in [6.45, 7) is 1.17. The Bertz CT molecular complexity index is 690. The lowest BCUT2D eigenvalue weighted by Gasteiger charge is -2.25. The Labute approximate surface area is 115 Å². The van der Waals surface area contributed by atoms with Gasteiger partial charge in [-0.05, 0) is 30.2 Å². The Kier molecular flexibility index (Phi) is 3.18. The van der Waals surface area contributed by atoms with Gasteiger partial charge in [0, 0.05) is 35.8 Å². The highest BCUT2D eigenvalue weighted by Crippen LogP contribution is 2.29. The topological polar surface area (TPSA) is 45.3 Å². The van der Waals surface area contributed by atoms with E-state index >= 15 is 0 Å². The summed E-state index contributed by atoms with van der Waals surface area (Å²) in [4.78, 5) is 16.2. The predicted molar refractivity (Wildman–Crippen MR) is 74.8 cm³/mol. The van der Waals surface area contributed by atoms with Crippen LogP contribution in [0.1, 0.15) is 12.0 Å². The minimum atomic E-state index is -0.304. The summed E-state index contributed by atoms with van der Waals surface area (Å²) in [7, 11) is 1.38. The molecule has 4 nitrogen and oxygen atoms in total. The fraction of sp³-hybridized carbons (Fsp3) is 0.267. The molecule has 2 heterocycles. The van der Waals surface area contributed by atoms with Crippen molar-refractivity contribution in [1.29, 1.82) is 0 Å². The number of carbonyl (C=O) groups is 1. The molecule has 1 aliphatic heterocycles. The highest BCUT2D eigenvalue weighted by Gasteiger charge is 2.19. The number of amides is 1. The molecule has 20 heavy (non-hydrogen) atoms. The first-order chi connectivity index (χ1) is 9.69. The van der Waals surface area contributed by atoms with Crippen molar-refractivity contribution in [3.63, 3.8) is 0 Å². The van der Waals surface area contributed by atoms with Crippen LogP contribution in [0.5, 0.6) is 0 Å². The van der Waals surface area contributed by atoms with E-state index in [2.05, 4.69) is 4.98 Å². The molecule has 1 aromatic carbocycles. The summed E-state index contributed by atoms with van der Waals surface area (Å²) in [6.07, 6.45) is 4.37. The van der Waals surface area contributed by atoms with Gasteiger partial charge < -0.3 is 14.6 Å². The van der Waals surface area contributed by atoms with Gasteiger partial charge in [0.15, 0.2) is 0 Å². The normalized spacial score (nSPS) is 15.3. The van der Waals surface area contributed by atoms with Crippen molar-refractivity contribution in [3.8, 4) is 0 Å². The lowest BCUT2D eigenvalue weighted by molar-refractivity contribution is 0.128. The number of aromatic amines is 1. The van der Waals surface area contributed by atoms with E-state index in [-0.39, 0.29) is 11.9 Å². The molecule has 5 heteroatoms. The van der Waals surface area contributed by atoms with Crippen LogP contribution in [0.4, 0.5) is 9.18 Å². The van der Waals surface area contributed by atoms with Crippen LogP contribution in [0.25, 0.3) is 16.5 Å². The van der Waals surface area contributed by atoms with Crippen LogP contribution in [-0.2, 0) is 4.74 Å². The standard InChI is InChI=1S/C15H15FN2O2/c1-20-15(19)18-6-4-10(5-7-18)13-9-17-14-8-11(16)2-3-12(13)14/h2-4,8-9,17H,5-7H2,1H3. The molecule has 1 amide bonds. The highest BCUT2D eigenvalue weighted by atomic mass is 19.1. The number of hydrogen-bond donors (Lipinski definition) is 1. The third-order valence-electron chi connectivity index (χ3n) is 3.63. The molecular formula is C15H15FN2O2. The molecule has 0 aliphatic carbocycles. The molecule has 0 bridgehead atoms. The third kappa shape index (κ3) is 2.15. The average molecular weight is 274 g/mol. The number of benzene rings is 1. The van der Waals surface area contributed by atoms with Crippen LogP contribution in [0, 0.1) is 5.82 Å². The van der Waals surface area contributed by atoms with E-state index in [4.69, 9.17) is 4.74 Å². The number of hydrogen-bond acceptors (Lipinski definition) is 2. The molecule has 0 atom stereocenters. The Hall–Kier alpha value is -2.30. The molecule has 2 aromatic rings. The number of aromatic nitrogens is 1. The second-order valence-corrected chi connectivity index (χ2v) is 4.79. The zero-order valence-electron chi connectivity index (χ0n) is 11.1. The molecule has 0 fully saturated rings. The van der Waals surface area contributed by atoms with Gasteiger partial charge in [0.2, 0.25) is 0 Å². The van der Waals surface area contributed by atoms with E-state index < -0.39 is 0 Å². The molecule has 3 rings (SSSR count). The van der Waals surface area contributed by atoms with Crippen molar-refractivity contribution in [2.75, 3.05) is 20.2 Å². The number of nitrogens with zero attached hydrogens (tertiary/aromatic N) is 1. The van der Waals surface area contributed by atoms with Crippen molar-refractivity contribution < 1.29 is 13.9 Å². The summed E-state index contributed by atoms with van der Waals surface area (Å²) in [5, 5.41) is 1.00. The molecule has 1 aliphatic rings. The van der Waals surface area contributed by atoms with Crippen molar-refractivity contribution in [3.05, 3.63) is 41.9 Å². The van der Waals surface area contributed by atoms with Crippen LogP contribution in [0.3, 0.4) is 0 Å². The minimum Gasteiger partial charge on any atom is -0.453 e. The maximum absolute atomic E-state index is 13.2. The van der Waals surface area contributed by atoms with Gasteiger partial charge in [-0.25, -0.2) is 9.18 Å². The van der Waals surface area contributed by atoms with Crippen molar-refractivity contribution >= 4 is 22.6 Å². The van der Waals surface area contributed by atoms with Crippen molar-refractivity contribution in [2.24, 2.45) is 0 Å². The Morgan fingerprint density at radius 3 is 3.00 bits per heavy atom. The molecule has 0 radical (unpaired) electrons. The zero-order valence-corrected chi connectivity index (χ0v) is 11.1. The minimum absolute atomic E-state index is 0.250. The van der Waals surface area contributed by atoms with Crippen LogP contribution < -0.4 is 0 Å². The quantitative estimate of drug-likeness (QED) is 0.868. The van der Waals surface area contributed by atoms with E-state index in [9.17, 15) is 9.18 Å². The zero-order chi connectivity index (χ0) is 14.1. The number of fused-ring (bicyclic) bond motifs is 1. The Morgan fingerprint density at radius 1 is 1.45 bits per heavy atom. The van der Waals surface area contributed by atoms with Gasteiger partial charge in [0.25, 0.3) is 0 Å². The van der Waals surface area contributed by atoms with E-state index in [1.165, 1.54) is 24.8 Å². The summed E-state index contributed by atoms with van der Waals surface area (Å²) in [6, 6.07) is 4.73. The number of halogens is 1. The number of ether oxygens (including phenoxy) is 1. The SMILES string of the molecule is COC(=O)N1CC=C(c2c[nH]c3cc(F)ccc23)CC1. The first kappa shape index (κ1) is 12.7. The molecule has 0 spiro atoms. The van der Waals surface area contributed by atoms with Crippen molar-refractivity contribution in [2.45, 2.75) is 6.42 Å². The van der Waals surface area contributed by atoms with Crippen LogP contribution >= 0.6 is 0 Å². The van der Waals surface area contributed by atoms with Gasteiger partial charge in [-0.15, -0.1) is 0 Å². The van der Waals surface area contributed by atoms with E-state index in [0.717, 1.165) is 22.9 Å². The average Bonchev–Trinajstić information content (AvgIpc) is 2.89. The molecule has 1 N–H and O–H groups in total. The number of methoxy groups -OCH3 is 1. The maximum Gasteiger partial charge on any atom is 0.409 e. The summed E-state index contributed by atoms with van der Waals surface area (Å²) < 4.78 is 17.9. The number of nitrogens with one attached hydrogen (secondary N) is 1. The molecule has 1 aromatic heterocycles. The summed E-state index contributed by atoms with van der Waals surface area (Å²) >= 11 is 0. The van der Waals surface area contributed by atoms with E-state index in [1.807, 2.05) is 12.3 Å². The fourth-order valence-corrected chi connectivity index (χ4v) is 2.57. The van der Waals surface area contributed by atoms with Gasteiger partial charge in [-0.3, -0.25) is 0 Å². The lowest BCUT2D eigenvalue weighted by atomic mass is 9.99.